The molecule has 0 saturated carbocycles. The number of pyridine rings is 1. The van der Waals surface area contributed by atoms with Gasteiger partial charge in [0.1, 0.15) is 11.6 Å². The molecule has 1 saturated heterocycles. The first-order valence-electron chi connectivity index (χ1n) is 13.2. The van der Waals surface area contributed by atoms with Crippen LogP contribution in [0, 0.1) is 18.7 Å². The molecule has 0 spiro atoms. The monoisotopic (exact) mass is 561 g/mol. The van der Waals surface area contributed by atoms with Crippen molar-refractivity contribution in [3.05, 3.63) is 96.2 Å². The molecule has 11 heteroatoms. The lowest BCUT2D eigenvalue weighted by Crippen LogP contribution is -2.42. The van der Waals surface area contributed by atoms with Crippen molar-refractivity contribution in [3.8, 4) is 0 Å². The average Bonchev–Trinajstić information content (AvgIpc) is 2.96. The molecule has 1 aliphatic heterocycles. The third-order valence-corrected chi connectivity index (χ3v) is 8.66. The van der Waals surface area contributed by atoms with Crippen molar-refractivity contribution in [2.24, 2.45) is 5.92 Å². The molecule has 2 aromatic carbocycles. The molecule has 1 atom stereocenters. The van der Waals surface area contributed by atoms with Gasteiger partial charge in [0, 0.05) is 43.4 Å². The zero-order valence-electron chi connectivity index (χ0n) is 22.2. The predicted octanol–water partition coefficient (Wildman–Crippen LogP) is 5.00. The van der Waals surface area contributed by atoms with Crippen LogP contribution < -0.4 is 16.0 Å². The van der Waals surface area contributed by atoms with E-state index in [4.69, 9.17) is 0 Å². The summed E-state index contributed by atoms with van der Waals surface area (Å²) >= 11 is 0. The summed E-state index contributed by atoms with van der Waals surface area (Å²) in [6.45, 7) is 4.09. The van der Waals surface area contributed by atoms with Gasteiger partial charge in [-0.05, 0) is 98.5 Å². The Hall–Kier alpha value is -3.93. The van der Waals surface area contributed by atoms with E-state index >= 15 is 0 Å². The van der Waals surface area contributed by atoms with Gasteiger partial charge >= 0.3 is 0 Å². The molecule has 3 heterocycles. The molecular formula is C29H32FN7O2S. The van der Waals surface area contributed by atoms with E-state index in [1.54, 1.807) is 66.1 Å². The molecule has 0 amide bonds. The van der Waals surface area contributed by atoms with E-state index in [1.165, 1.54) is 6.07 Å². The molecule has 40 heavy (non-hydrogen) atoms. The summed E-state index contributed by atoms with van der Waals surface area (Å²) in [5, 5.41) is 9.66. The van der Waals surface area contributed by atoms with Gasteiger partial charge in [-0.15, -0.1) is 0 Å². The summed E-state index contributed by atoms with van der Waals surface area (Å²) in [4.78, 5) is 13.3. The second-order valence-corrected chi connectivity index (χ2v) is 11.8. The Morgan fingerprint density at radius 3 is 2.58 bits per heavy atom. The van der Waals surface area contributed by atoms with Gasteiger partial charge in [0.05, 0.1) is 10.6 Å². The summed E-state index contributed by atoms with van der Waals surface area (Å²) in [5.41, 5.74) is 2.86. The Balaban J connectivity index is 1.18. The van der Waals surface area contributed by atoms with Gasteiger partial charge in [-0.1, -0.05) is 6.07 Å². The van der Waals surface area contributed by atoms with Crippen LogP contribution in [0.1, 0.15) is 24.1 Å². The molecule has 2 aromatic heterocycles. The lowest BCUT2D eigenvalue weighted by Gasteiger charge is -2.32. The van der Waals surface area contributed by atoms with Crippen LogP contribution in [0.15, 0.2) is 84.0 Å². The van der Waals surface area contributed by atoms with Crippen LogP contribution >= 0.6 is 0 Å². The zero-order valence-corrected chi connectivity index (χ0v) is 23.0. The van der Waals surface area contributed by atoms with E-state index in [1.807, 2.05) is 18.2 Å². The highest BCUT2D eigenvalue weighted by atomic mass is 32.2. The van der Waals surface area contributed by atoms with Crippen molar-refractivity contribution in [1.29, 1.82) is 0 Å². The maximum Gasteiger partial charge on any atom is 0.243 e. The standard InChI is InChI=1S/C29H32FN7O2S/c1-21-17-24(9-12-27(21)30)34-28-13-15-33-29(36-28)35-23-7-10-26(11-8-23)40(38,39)37-16-4-5-22(20-37)18-31-19-25-6-2-3-14-32-25/h2-3,6-15,17,22,31H,4-5,16,18-20H2,1H3,(H2,33,34,35,36). The Morgan fingerprint density at radius 1 is 0.975 bits per heavy atom. The predicted molar refractivity (Wildman–Crippen MR) is 154 cm³/mol. The summed E-state index contributed by atoms with van der Waals surface area (Å²) in [5.74, 6) is 0.855. The molecule has 208 valence electrons. The first-order valence-corrected chi connectivity index (χ1v) is 14.6. The van der Waals surface area contributed by atoms with Crippen LogP contribution in [0.2, 0.25) is 0 Å². The maximum atomic E-state index is 13.6. The quantitative estimate of drug-likeness (QED) is 0.248. The molecule has 5 rings (SSSR count). The van der Waals surface area contributed by atoms with Gasteiger partial charge in [-0.25, -0.2) is 17.8 Å². The molecular weight excluding hydrogens is 529 g/mol. The van der Waals surface area contributed by atoms with E-state index in [0.29, 0.717) is 48.3 Å². The van der Waals surface area contributed by atoms with Crippen molar-refractivity contribution in [2.75, 3.05) is 30.3 Å². The molecule has 1 fully saturated rings. The van der Waals surface area contributed by atoms with Gasteiger partial charge in [0.2, 0.25) is 16.0 Å². The number of halogens is 1. The van der Waals surface area contributed by atoms with Crippen molar-refractivity contribution in [1.82, 2.24) is 24.6 Å². The van der Waals surface area contributed by atoms with E-state index in [0.717, 1.165) is 25.1 Å². The lowest BCUT2D eigenvalue weighted by atomic mass is 10.00. The Bertz CT molecular complexity index is 1540. The Kier molecular flexibility index (Phi) is 8.63. The molecule has 3 N–H and O–H groups in total. The van der Waals surface area contributed by atoms with Crippen molar-refractivity contribution in [2.45, 2.75) is 31.2 Å². The van der Waals surface area contributed by atoms with Crippen molar-refractivity contribution < 1.29 is 12.8 Å². The van der Waals surface area contributed by atoms with Crippen LogP contribution in [0.4, 0.5) is 27.5 Å². The van der Waals surface area contributed by atoms with E-state index < -0.39 is 10.0 Å². The van der Waals surface area contributed by atoms with E-state index in [-0.39, 0.29) is 16.6 Å². The lowest BCUT2D eigenvalue weighted by molar-refractivity contribution is 0.259. The minimum Gasteiger partial charge on any atom is -0.340 e. The number of hydrogen-bond donors (Lipinski definition) is 3. The highest BCUT2D eigenvalue weighted by molar-refractivity contribution is 7.89. The number of piperidine rings is 1. The average molecular weight is 562 g/mol. The minimum atomic E-state index is -3.61. The number of nitrogens with zero attached hydrogens (tertiary/aromatic N) is 4. The van der Waals surface area contributed by atoms with Crippen LogP contribution in [0.3, 0.4) is 0 Å². The topological polar surface area (TPSA) is 112 Å². The zero-order chi connectivity index (χ0) is 28.0. The smallest absolute Gasteiger partial charge is 0.243 e. The number of sulfonamides is 1. The normalized spacial score (nSPS) is 16.0. The molecule has 1 unspecified atom stereocenters. The largest absolute Gasteiger partial charge is 0.340 e. The first-order chi connectivity index (χ1) is 19.4. The van der Waals surface area contributed by atoms with Gasteiger partial charge in [-0.2, -0.15) is 9.29 Å². The van der Waals surface area contributed by atoms with Crippen LogP contribution in [0.5, 0.6) is 0 Å². The van der Waals surface area contributed by atoms with Crippen molar-refractivity contribution >= 4 is 33.2 Å². The summed E-state index contributed by atoms with van der Waals surface area (Å²) < 4.78 is 41.9. The molecule has 4 aromatic rings. The maximum absolute atomic E-state index is 13.6. The SMILES string of the molecule is Cc1cc(Nc2ccnc(Nc3ccc(S(=O)(=O)N4CCCC(CNCc5ccccn5)C4)cc3)n2)ccc1F. The second-order valence-electron chi connectivity index (χ2n) is 9.83. The Morgan fingerprint density at radius 2 is 1.80 bits per heavy atom. The van der Waals surface area contributed by atoms with E-state index in [9.17, 15) is 12.8 Å². The molecule has 9 nitrogen and oxygen atoms in total. The highest BCUT2D eigenvalue weighted by Crippen LogP contribution is 2.25. The van der Waals surface area contributed by atoms with Gasteiger partial charge < -0.3 is 16.0 Å². The third kappa shape index (κ3) is 6.98. The number of hydrogen-bond acceptors (Lipinski definition) is 8. The Labute approximate surface area is 234 Å². The van der Waals surface area contributed by atoms with Crippen molar-refractivity contribution in [3.63, 3.8) is 0 Å². The fourth-order valence-corrected chi connectivity index (χ4v) is 6.22. The highest BCUT2D eigenvalue weighted by Gasteiger charge is 2.30. The van der Waals surface area contributed by atoms with Gasteiger partial charge in [0.25, 0.3) is 0 Å². The molecule has 0 aliphatic carbocycles. The number of benzene rings is 2. The fourth-order valence-electron chi connectivity index (χ4n) is 4.67. The number of aryl methyl sites for hydroxylation is 1. The number of aromatic nitrogens is 3. The number of anilines is 4. The fraction of sp³-hybridized carbons (Fsp3) is 0.276. The molecule has 0 radical (unpaired) electrons. The molecule has 0 bridgehead atoms. The summed E-state index contributed by atoms with van der Waals surface area (Å²) in [6.07, 6.45) is 5.18. The third-order valence-electron chi connectivity index (χ3n) is 6.78. The first kappa shape index (κ1) is 27.6. The van der Waals surface area contributed by atoms with Gasteiger partial charge in [0.15, 0.2) is 0 Å². The molecule has 1 aliphatic rings. The summed E-state index contributed by atoms with van der Waals surface area (Å²) in [6, 6.07) is 18.9. The number of nitrogens with one attached hydrogen (secondary N) is 3. The van der Waals surface area contributed by atoms with Crippen LogP contribution in [-0.2, 0) is 16.6 Å². The van der Waals surface area contributed by atoms with E-state index in [2.05, 4.69) is 30.9 Å². The number of rotatable bonds is 10. The summed E-state index contributed by atoms with van der Waals surface area (Å²) in [7, 11) is -3.61. The van der Waals surface area contributed by atoms with Crippen LogP contribution in [-0.4, -0.2) is 47.3 Å². The van der Waals surface area contributed by atoms with Gasteiger partial charge in [-0.3, -0.25) is 4.98 Å². The minimum absolute atomic E-state index is 0.241. The van der Waals surface area contributed by atoms with Crippen LogP contribution in [0.25, 0.3) is 0 Å². The second kappa shape index (κ2) is 12.5.